The monoisotopic (exact) mass is 267 g/mol. The number of carbonyl (C=O) groups is 1. The van der Waals surface area contributed by atoms with E-state index in [4.69, 9.17) is 9.84 Å². The van der Waals surface area contributed by atoms with E-state index in [1.54, 1.807) is 18.9 Å². The van der Waals surface area contributed by atoms with E-state index in [0.29, 0.717) is 0 Å². The molecule has 0 saturated carbocycles. The molecule has 0 radical (unpaired) electrons. The lowest BCUT2D eigenvalue weighted by Gasteiger charge is -2.38. The van der Waals surface area contributed by atoms with Crippen molar-refractivity contribution >= 4 is 23.4 Å². The smallest absolute Gasteiger partial charge is 0.304 e. The fourth-order valence-electron chi connectivity index (χ4n) is 2.11. The van der Waals surface area contributed by atoms with Crippen LogP contribution in [0.25, 0.3) is 0 Å². The SMILES string of the molecule is COc1ccc2c(c1)N(C)C(C)C(CC(=O)O)S2. The van der Waals surface area contributed by atoms with Gasteiger partial charge in [0, 0.05) is 29.3 Å². The summed E-state index contributed by atoms with van der Waals surface area (Å²) in [6.45, 7) is 2.06. The Kier molecular flexibility index (Phi) is 3.71. The molecule has 0 saturated heterocycles. The highest BCUT2D eigenvalue weighted by molar-refractivity contribution is 8.00. The van der Waals surface area contributed by atoms with Crippen molar-refractivity contribution in [3.8, 4) is 5.75 Å². The molecule has 0 aromatic heterocycles. The average Bonchev–Trinajstić information content (AvgIpc) is 2.35. The first-order valence-electron chi connectivity index (χ1n) is 5.82. The molecule has 5 heteroatoms. The lowest BCUT2D eigenvalue weighted by atomic mass is 10.1. The third-order valence-corrected chi connectivity index (χ3v) is 4.81. The number of anilines is 1. The second-order valence-corrected chi connectivity index (χ2v) is 5.72. The zero-order valence-electron chi connectivity index (χ0n) is 10.7. The van der Waals surface area contributed by atoms with Crippen LogP contribution in [0.3, 0.4) is 0 Å². The summed E-state index contributed by atoms with van der Waals surface area (Å²) in [5.41, 5.74) is 1.11. The van der Waals surface area contributed by atoms with E-state index in [1.165, 1.54) is 0 Å². The molecule has 2 rings (SSSR count). The average molecular weight is 267 g/mol. The zero-order valence-corrected chi connectivity index (χ0v) is 11.5. The van der Waals surface area contributed by atoms with Crippen LogP contribution in [0.15, 0.2) is 23.1 Å². The van der Waals surface area contributed by atoms with Crippen molar-refractivity contribution in [2.75, 3.05) is 19.1 Å². The first kappa shape index (κ1) is 13.1. The van der Waals surface area contributed by atoms with Crippen molar-refractivity contribution in [1.82, 2.24) is 0 Å². The van der Waals surface area contributed by atoms with E-state index in [0.717, 1.165) is 16.3 Å². The lowest BCUT2D eigenvalue weighted by Crippen LogP contribution is -2.41. The van der Waals surface area contributed by atoms with E-state index < -0.39 is 5.97 Å². The van der Waals surface area contributed by atoms with E-state index >= 15 is 0 Å². The Morgan fingerprint density at radius 3 is 2.89 bits per heavy atom. The topological polar surface area (TPSA) is 49.8 Å². The maximum absolute atomic E-state index is 10.9. The molecule has 1 aliphatic rings. The molecule has 0 bridgehead atoms. The summed E-state index contributed by atoms with van der Waals surface area (Å²) in [7, 11) is 3.64. The number of methoxy groups -OCH3 is 1. The van der Waals surface area contributed by atoms with Gasteiger partial charge in [-0.2, -0.15) is 0 Å². The van der Waals surface area contributed by atoms with Gasteiger partial charge >= 0.3 is 5.97 Å². The fourth-order valence-corrected chi connectivity index (χ4v) is 3.52. The van der Waals surface area contributed by atoms with E-state index in [-0.39, 0.29) is 17.7 Å². The van der Waals surface area contributed by atoms with Crippen molar-refractivity contribution in [2.45, 2.75) is 29.5 Å². The third-order valence-electron chi connectivity index (χ3n) is 3.35. The van der Waals surface area contributed by atoms with Crippen LogP contribution >= 0.6 is 11.8 Å². The number of nitrogens with zero attached hydrogens (tertiary/aromatic N) is 1. The minimum absolute atomic E-state index is 0.0772. The van der Waals surface area contributed by atoms with Gasteiger partial charge in [-0.25, -0.2) is 0 Å². The molecule has 0 amide bonds. The van der Waals surface area contributed by atoms with E-state index in [9.17, 15) is 4.79 Å². The van der Waals surface area contributed by atoms with Gasteiger partial charge in [-0.15, -0.1) is 11.8 Å². The fraction of sp³-hybridized carbons (Fsp3) is 0.462. The zero-order chi connectivity index (χ0) is 13.3. The molecule has 4 nitrogen and oxygen atoms in total. The van der Waals surface area contributed by atoms with Crippen LogP contribution in [-0.4, -0.2) is 36.5 Å². The third kappa shape index (κ3) is 2.41. The predicted octanol–water partition coefficient (Wildman–Crippen LogP) is 2.47. The summed E-state index contributed by atoms with van der Waals surface area (Å²) in [6.07, 6.45) is 0.182. The highest BCUT2D eigenvalue weighted by Gasteiger charge is 2.31. The maximum atomic E-state index is 10.9. The van der Waals surface area contributed by atoms with E-state index in [1.807, 2.05) is 25.2 Å². The number of hydrogen-bond donors (Lipinski definition) is 1. The van der Waals surface area contributed by atoms with Gasteiger partial charge in [0.15, 0.2) is 0 Å². The largest absolute Gasteiger partial charge is 0.497 e. The molecular formula is C13H17NO3S. The first-order chi connectivity index (χ1) is 8.52. The van der Waals surface area contributed by atoms with Crippen molar-refractivity contribution in [3.05, 3.63) is 18.2 Å². The number of hydrogen-bond acceptors (Lipinski definition) is 4. The number of carboxylic acids is 1. The molecule has 2 atom stereocenters. The number of ether oxygens (including phenoxy) is 1. The van der Waals surface area contributed by atoms with Gasteiger partial charge in [0.1, 0.15) is 5.75 Å². The summed E-state index contributed by atoms with van der Waals surface area (Å²) in [4.78, 5) is 14.1. The van der Waals surface area contributed by atoms with Crippen LogP contribution in [0.4, 0.5) is 5.69 Å². The Labute approximate surface area is 111 Å². The molecule has 1 heterocycles. The van der Waals surface area contributed by atoms with Crippen molar-refractivity contribution in [2.24, 2.45) is 0 Å². The van der Waals surface area contributed by atoms with Crippen molar-refractivity contribution in [1.29, 1.82) is 0 Å². The molecule has 1 aromatic carbocycles. The van der Waals surface area contributed by atoms with Gasteiger partial charge in [-0.3, -0.25) is 4.79 Å². The molecule has 1 aliphatic heterocycles. The van der Waals surface area contributed by atoms with Gasteiger partial charge < -0.3 is 14.7 Å². The summed E-state index contributed by atoms with van der Waals surface area (Å²) in [5, 5.41) is 9.03. The normalized spacial score (nSPS) is 22.5. The minimum Gasteiger partial charge on any atom is -0.497 e. The summed E-state index contributed by atoms with van der Waals surface area (Å²) < 4.78 is 5.23. The van der Waals surface area contributed by atoms with Crippen LogP contribution < -0.4 is 9.64 Å². The molecule has 0 fully saturated rings. The standard InChI is InChI=1S/C13H17NO3S/c1-8-12(7-13(15)16)18-11-5-4-9(17-3)6-10(11)14(8)2/h4-6,8,12H,7H2,1-3H3,(H,15,16). The quantitative estimate of drug-likeness (QED) is 0.911. The Hall–Kier alpha value is -1.36. The molecule has 0 aliphatic carbocycles. The van der Waals surface area contributed by atoms with Gasteiger partial charge in [-0.1, -0.05) is 0 Å². The Morgan fingerprint density at radius 2 is 2.28 bits per heavy atom. The van der Waals surface area contributed by atoms with Crippen LogP contribution in [0.2, 0.25) is 0 Å². The molecule has 98 valence electrons. The maximum Gasteiger partial charge on any atom is 0.304 e. The van der Waals surface area contributed by atoms with Gasteiger partial charge in [0.25, 0.3) is 0 Å². The summed E-state index contributed by atoms with van der Waals surface area (Å²) in [5.74, 6) is 0.0785. The number of carboxylic acid groups (broad SMARTS) is 1. The highest BCUT2D eigenvalue weighted by Crippen LogP contribution is 2.43. The molecule has 0 spiro atoms. The first-order valence-corrected chi connectivity index (χ1v) is 6.70. The van der Waals surface area contributed by atoms with Crippen LogP contribution in [0.5, 0.6) is 5.75 Å². The number of thioether (sulfide) groups is 1. The van der Waals surface area contributed by atoms with E-state index in [2.05, 4.69) is 11.8 Å². The number of benzene rings is 1. The molecule has 2 unspecified atom stereocenters. The second-order valence-electron chi connectivity index (χ2n) is 4.44. The van der Waals surface area contributed by atoms with Gasteiger partial charge in [0.05, 0.1) is 19.2 Å². The van der Waals surface area contributed by atoms with Crippen LogP contribution in [0, 0.1) is 0 Å². The number of fused-ring (bicyclic) bond motifs is 1. The molecular weight excluding hydrogens is 250 g/mol. The molecule has 1 N–H and O–H groups in total. The molecule has 1 aromatic rings. The van der Waals surface area contributed by atoms with Crippen LogP contribution in [0.1, 0.15) is 13.3 Å². The van der Waals surface area contributed by atoms with Crippen molar-refractivity contribution < 1.29 is 14.6 Å². The summed E-state index contributed by atoms with van der Waals surface area (Å²) in [6, 6.07) is 6.09. The Morgan fingerprint density at radius 1 is 1.56 bits per heavy atom. The minimum atomic E-state index is -0.746. The second kappa shape index (κ2) is 5.10. The summed E-state index contributed by atoms with van der Waals surface area (Å²) >= 11 is 1.64. The lowest BCUT2D eigenvalue weighted by molar-refractivity contribution is -0.137. The Bertz CT molecular complexity index is 464. The predicted molar refractivity (Wildman–Crippen MR) is 72.8 cm³/mol. The van der Waals surface area contributed by atoms with Gasteiger partial charge in [0.2, 0.25) is 0 Å². The Balaban J connectivity index is 2.31. The van der Waals surface area contributed by atoms with Crippen molar-refractivity contribution in [3.63, 3.8) is 0 Å². The molecule has 18 heavy (non-hydrogen) atoms. The highest BCUT2D eigenvalue weighted by atomic mass is 32.2. The van der Waals surface area contributed by atoms with Crippen LogP contribution in [-0.2, 0) is 4.79 Å². The number of aliphatic carboxylic acids is 1. The number of rotatable bonds is 3. The van der Waals surface area contributed by atoms with Gasteiger partial charge in [-0.05, 0) is 19.1 Å².